The van der Waals surface area contributed by atoms with Crippen molar-refractivity contribution < 1.29 is 0 Å². The summed E-state index contributed by atoms with van der Waals surface area (Å²) in [5, 5.41) is 0. The number of rotatable bonds is 0. The topological polar surface area (TPSA) is 69.6 Å². The summed E-state index contributed by atoms with van der Waals surface area (Å²) in [5.74, 6) is 0.253. The molecule has 14 heavy (non-hydrogen) atoms. The summed E-state index contributed by atoms with van der Waals surface area (Å²) in [6.45, 7) is 0. The van der Waals surface area contributed by atoms with Gasteiger partial charge in [0.15, 0.2) is 11.5 Å². The molecule has 0 fully saturated rings. The molecule has 0 amide bonds. The number of anilines is 1. The number of nitrogens with two attached hydrogens (primary N) is 1. The molecule has 0 atom stereocenters. The van der Waals surface area contributed by atoms with Crippen LogP contribution in [0, 0.1) is 0 Å². The lowest BCUT2D eigenvalue weighted by Crippen LogP contribution is -2.11. The number of nitrogens with zero attached hydrogens (tertiary/aromatic N) is 4. The van der Waals surface area contributed by atoms with E-state index >= 15 is 0 Å². The van der Waals surface area contributed by atoms with Gasteiger partial charge in [0.1, 0.15) is 18.2 Å². The van der Waals surface area contributed by atoms with E-state index in [1.54, 1.807) is 0 Å². The molecule has 2 aromatic heterocycles. The molecular formula is C6H4Cl3N5. The Hall–Kier alpha value is -0.780. The Morgan fingerprint density at radius 1 is 1.21 bits per heavy atom. The lowest BCUT2D eigenvalue weighted by atomic mass is 10.5. The summed E-state index contributed by atoms with van der Waals surface area (Å²) in [7, 11) is 0. The summed E-state index contributed by atoms with van der Waals surface area (Å²) in [6.07, 6.45) is 2.63. The first-order valence-electron chi connectivity index (χ1n) is 3.51. The number of hydrogen-bond acceptors (Lipinski definition) is 4. The van der Waals surface area contributed by atoms with Crippen molar-refractivity contribution in [3.05, 3.63) is 12.7 Å². The molecule has 0 aliphatic rings. The van der Waals surface area contributed by atoms with Crippen LogP contribution in [0.5, 0.6) is 0 Å². The van der Waals surface area contributed by atoms with Crippen LogP contribution in [-0.2, 0) is 3.92 Å². The van der Waals surface area contributed by atoms with Crippen molar-refractivity contribution in [1.82, 2.24) is 19.5 Å². The van der Waals surface area contributed by atoms with Crippen LogP contribution in [0.25, 0.3) is 11.2 Å². The number of nitrogen functional groups attached to an aromatic ring is 1. The zero-order chi connectivity index (χ0) is 10.3. The molecule has 2 heterocycles. The fourth-order valence-electron chi connectivity index (χ4n) is 1.04. The van der Waals surface area contributed by atoms with Crippen molar-refractivity contribution in [3.8, 4) is 0 Å². The predicted molar refractivity (Wildman–Crippen MR) is 55.3 cm³/mol. The largest absolute Gasteiger partial charge is 0.382 e. The standard InChI is InChI=1S/C6H4Cl3N5/c7-6(8,9)14-2-13-3-4(10)11-1-12-5(3)14/h1-2H,(H2,10,11,12). The van der Waals surface area contributed by atoms with Gasteiger partial charge in [-0.3, -0.25) is 4.57 Å². The number of hydrogen-bond donors (Lipinski definition) is 1. The highest BCUT2D eigenvalue weighted by atomic mass is 35.6. The molecule has 0 saturated carbocycles. The highest BCUT2D eigenvalue weighted by molar-refractivity contribution is 6.64. The molecule has 0 aliphatic heterocycles. The third-order valence-electron chi connectivity index (χ3n) is 1.63. The molecule has 8 heteroatoms. The summed E-state index contributed by atoms with van der Waals surface area (Å²) in [5.41, 5.74) is 6.36. The van der Waals surface area contributed by atoms with Crippen molar-refractivity contribution >= 4 is 51.8 Å². The number of imidazole rings is 1. The van der Waals surface area contributed by atoms with Gasteiger partial charge in [-0.1, -0.05) is 34.8 Å². The van der Waals surface area contributed by atoms with E-state index in [0.29, 0.717) is 11.2 Å². The quantitative estimate of drug-likeness (QED) is 0.725. The van der Waals surface area contributed by atoms with E-state index in [-0.39, 0.29) is 5.82 Å². The van der Waals surface area contributed by atoms with Gasteiger partial charge in [-0.15, -0.1) is 0 Å². The predicted octanol–water partition coefficient (Wildman–Crippen LogP) is 1.69. The highest BCUT2D eigenvalue weighted by Gasteiger charge is 2.25. The molecular weight excluding hydrogens is 248 g/mol. The molecule has 5 nitrogen and oxygen atoms in total. The second kappa shape index (κ2) is 3.12. The third-order valence-corrected chi connectivity index (χ3v) is 2.18. The van der Waals surface area contributed by atoms with E-state index in [0.717, 1.165) is 0 Å². The van der Waals surface area contributed by atoms with Crippen molar-refractivity contribution in [2.75, 3.05) is 5.73 Å². The lowest BCUT2D eigenvalue weighted by molar-refractivity contribution is 0.803. The number of alkyl halides is 3. The molecule has 0 spiro atoms. The SMILES string of the molecule is Nc1ncnc2c1ncn2C(Cl)(Cl)Cl. The monoisotopic (exact) mass is 251 g/mol. The molecule has 0 aliphatic carbocycles. The molecule has 0 bridgehead atoms. The number of fused-ring (bicyclic) bond motifs is 1. The molecule has 0 unspecified atom stereocenters. The van der Waals surface area contributed by atoms with Crippen LogP contribution >= 0.6 is 34.8 Å². The van der Waals surface area contributed by atoms with Crippen molar-refractivity contribution in [2.24, 2.45) is 0 Å². The van der Waals surface area contributed by atoms with E-state index in [2.05, 4.69) is 15.0 Å². The maximum atomic E-state index is 5.68. The van der Waals surface area contributed by atoms with E-state index in [1.807, 2.05) is 0 Å². The molecule has 2 aromatic rings. The van der Waals surface area contributed by atoms with Crippen LogP contribution in [-0.4, -0.2) is 19.5 Å². The summed E-state index contributed by atoms with van der Waals surface area (Å²) in [4.78, 5) is 11.6. The Kier molecular flexibility index (Phi) is 2.17. The van der Waals surface area contributed by atoms with Crippen LogP contribution in [0.3, 0.4) is 0 Å². The number of halogens is 3. The van der Waals surface area contributed by atoms with Crippen LogP contribution in [0.4, 0.5) is 5.82 Å². The van der Waals surface area contributed by atoms with Gasteiger partial charge in [0.25, 0.3) is 3.92 Å². The van der Waals surface area contributed by atoms with Gasteiger partial charge in [-0.2, -0.15) is 0 Å². The van der Waals surface area contributed by atoms with Gasteiger partial charge in [-0.25, -0.2) is 15.0 Å². The Balaban J connectivity index is 2.76. The Morgan fingerprint density at radius 2 is 1.93 bits per heavy atom. The molecule has 2 rings (SSSR count). The van der Waals surface area contributed by atoms with Gasteiger partial charge in [0.05, 0.1) is 0 Å². The first-order valence-corrected chi connectivity index (χ1v) is 4.64. The van der Waals surface area contributed by atoms with Crippen molar-refractivity contribution in [3.63, 3.8) is 0 Å². The first-order chi connectivity index (χ1) is 6.50. The van der Waals surface area contributed by atoms with Gasteiger partial charge >= 0.3 is 0 Å². The maximum Gasteiger partial charge on any atom is 0.274 e. The van der Waals surface area contributed by atoms with Crippen LogP contribution in [0.15, 0.2) is 12.7 Å². The maximum absolute atomic E-state index is 5.68. The second-order valence-corrected chi connectivity index (χ2v) is 4.73. The van der Waals surface area contributed by atoms with Gasteiger partial charge in [0, 0.05) is 0 Å². The van der Waals surface area contributed by atoms with Gasteiger partial charge in [0.2, 0.25) is 0 Å². The minimum atomic E-state index is -1.63. The first kappa shape index (κ1) is 9.76. The summed E-state index contributed by atoms with van der Waals surface area (Å²) >= 11 is 17.1. The number of aromatic nitrogens is 4. The zero-order valence-electron chi connectivity index (χ0n) is 6.65. The molecule has 0 radical (unpaired) electrons. The van der Waals surface area contributed by atoms with Crippen LogP contribution < -0.4 is 5.73 Å². The van der Waals surface area contributed by atoms with Crippen LogP contribution in [0.1, 0.15) is 0 Å². The van der Waals surface area contributed by atoms with Gasteiger partial charge in [-0.05, 0) is 0 Å². The summed E-state index contributed by atoms with van der Waals surface area (Å²) in [6, 6.07) is 0. The van der Waals surface area contributed by atoms with E-state index in [4.69, 9.17) is 40.5 Å². The van der Waals surface area contributed by atoms with Crippen molar-refractivity contribution in [1.29, 1.82) is 0 Å². The van der Waals surface area contributed by atoms with E-state index in [1.165, 1.54) is 17.2 Å². The Bertz CT molecular complexity index is 474. The van der Waals surface area contributed by atoms with E-state index in [9.17, 15) is 0 Å². The average molecular weight is 252 g/mol. The van der Waals surface area contributed by atoms with Gasteiger partial charge < -0.3 is 5.73 Å². The average Bonchev–Trinajstić information content (AvgIpc) is 2.47. The van der Waals surface area contributed by atoms with Crippen molar-refractivity contribution in [2.45, 2.75) is 3.92 Å². The third kappa shape index (κ3) is 1.47. The second-order valence-electron chi connectivity index (χ2n) is 2.51. The highest BCUT2D eigenvalue weighted by Crippen LogP contribution is 2.34. The Labute approximate surface area is 93.8 Å². The lowest BCUT2D eigenvalue weighted by Gasteiger charge is -2.12. The summed E-state index contributed by atoms with van der Waals surface area (Å²) < 4.78 is -0.347. The molecule has 2 N–H and O–H groups in total. The normalized spacial score (nSPS) is 12.2. The smallest absolute Gasteiger partial charge is 0.274 e. The molecule has 0 aromatic carbocycles. The van der Waals surface area contributed by atoms with Crippen LogP contribution in [0.2, 0.25) is 0 Å². The molecule has 74 valence electrons. The van der Waals surface area contributed by atoms with E-state index < -0.39 is 3.92 Å². The fraction of sp³-hybridized carbons (Fsp3) is 0.167. The Morgan fingerprint density at radius 3 is 2.57 bits per heavy atom. The fourth-order valence-corrected chi connectivity index (χ4v) is 1.41. The molecule has 0 saturated heterocycles. The minimum Gasteiger partial charge on any atom is -0.382 e. The minimum absolute atomic E-state index is 0.253. The zero-order valence-corrected chi connectivity index (χ0v) is 8.92.